The molecule has 0 bridgehead atoms. The number of hydrogen-bond acceptors (Lipinski definition) is 6. The van der Waals surface area contributed by atoms with Crippen molar-refractivity contribution in [3.63, 3.8) is 0 Å². The van der Waals surface area contributed by atoms with Gasteiger partial charge in [-0.05, 0) is 49.7 Å². The first-order chi connectivity index (χ1) is 12.5. The fourth-order valence-corrected chi connectivity index (χ4v) is 3.96. The van der Waals surface area contributed by atoms with Gasteiger partial charge in [0.05, 0.1) is 5.75 Å². The van der Waals surface area contributed by atoms with Crippen LogP contribution >= 0.6 is 34.7 Å². The summed E-state index contributed by atoms with van der Waals surface area (Å²) in [6.07, 6.45) is 0. The van der Waals surface area contributed by atoms with Crippen LogP contribution in [-0.4, -0.2) is 21.9 Å². The highest BCUT2D eigenvalue weighted by Gasteiger charge is 2.10. The number of aromatic nitrogens is 2. The number of aryl methyl sites for hydroxylation is 2. The SMILES string of the molecule is Cc1ccc(Nc2nnc(SCC(=O)Nc3ccc(Cl)cc3C)s2)cc1. The maximum absolute atomic E-state index is 12.1. The zero-order valence-corrected chi connectivity index (χ0v) is 16.6. The van der Waals surface area contributed by atoms with Crippen molar-refractivity contribution in [2.45, 2.75) is 18.2 Å². The van der Waals surface area contributed by atoms with E-state index in [0.717, 1.165) is 21.3 Å². The van der Waals surface area contributed by atoms with Gasteiger partial charge in [-0.2, -0.15) is 0 Å². The first-order valence-electron chi connectivity index (χ1n) is 7.85. The van der Waals surface area contributed by atoms with Gasteiger partial charge in [-0.3, -0.25) is 4.79 Å². The van der Waals surface area contributed by atoms with Crippen LogP contribution in [0.1, 0.15) is 11.1 Å². The maximum atomic E-state index is 12.1. The largest absolute Gasteiger partial charge is 0.330 e. The summed E-state index contributed by atoms with van der Waals surface area (Å²) in [4.78, 5) is 12.1. The molecule has 0 fully saturated rings. The number of carbonyl (C=O) groups is 1. The van der Waals surface area contributed by atoms with Crippen molar-refractivity contribution in [2.75, 3.05) is 16.4 Å². The molecule has 5 nitrogen and oxygen atoms in total. The van der Waals surface area contributed by atoms with E-state index >= 15 is 0 Å². The normalized spacial score (nSPS) is 10.6. The lowest BCUT2D eigenvalue weighted by molar-refractivity contribution is -0.113. The van der Waals surface area contributed by atoms with Crippen LogP contribution in [0.4, 0.5) is 16.5 Å². The van der Waals surface area contributed by atoms with Crippen LogP contribution < -0.4 is 10.6 Å². The van der Waals surface area contributed by atoms with Crippen LogP contribution in [0, 0.1) is 13.8 Å². The summed E-state index contributed by atoms with van der Waals surface area (Å²) in [7, 11) is 0. The second-order valence-electron chi connectivity index (χ2n) is 5.66. The third kappa shape index (κ3) is 5.20. The second-order valence-corrected chi connectivity index (χ2v) is 8.30. The molecular weight excluding hydrogens is 388 g/mol. The first-order valence-corrected chi connectivity index (χ1v) is 10.0. The smallest absolute Gasteiger partial charge is 0.234 e. The zero-order valence-electron chi connectivity index (χ0n) is 14.2. The summed E-state index contributed by atoms with van der Waals surface area (Å²) in [6, 6.07) is 13.4. The highest BCUT2D eigenvalue weighted by atomic mass is 35.5. The lowest BCUT2D eigenvalue weighted by Crippen LogP contribution is -2.14. The van der Waals surface area contributed by atoms with E-state index < -0.39 is 0 Å². The fraction of sp³-hybridized carbons (Fsp3) is 0.167. The molecule has 1 heterocycles. The molecule has 26 heavy (non-hydrogen) atoms. The summed E-state index contributed by atoms with van der Waals surface area (Å²) >= 11 is 8.70. The molecule has 3 rings (SSSR count). The van der Waals surface area contributed by atoms with Crippen LogP contribution in [-0.2, 0) is 4.79 Å². The van der Waals surface area contributed by atoms with Gasteiger partial charge in [-0.15, -0.1) is 10.2 Å². The average molecular weight is 405 g/mol. The lowest BCUT2D eigenvalue weighted by Gasteiger charge is -2.07. The van der Waals surface area contributed by atoms with Crippen LogP contribution in [0.5, 0.6) is 0 Å². The number of carbonyl (C=O) groups excluding carboxylic acids is 1. The van der Waals surface area contributed by atoms with Crippen molar-refractivity contribution in [3.05, 3.63) is 58.6 Å². The number of thioether (sulfide) groups is 1. The molecule has 0 radical (unpaired) electrons. The molecule has 2 aromatic carbocycles. The Hall–Kier alpha value is -2.09. The Labute approximate surface area is 165 Å². The predicted octanol–water partition coefficient (Wildman–Crippen LogP) is 5.28. The van der Waals surface area contributed by atoms with Crippen molar-refractivity contribution < 1.29 is 4.79 Å². The highest BCUT2D eigenvalue weighted by Crippen LogP contribution is 2.28. The van der Waals surface area contributed by atoms with Crippen LogP contribution in [0.2, 0.25) is 5.02 Å². The quantitative estimate of drug-likeness (QED) is 0.547. The van der Waals surface area contributed by atoms with Crippen molar-refractivity contribution in [3.8, 4) is 0 Å². The molecule has 0 atom stereocenters. The lowest BCUT2D eigenvalue weighted by atomic mass is 10.2. The van der Waals surface area contributed by atoms with E-state index in [1.54, 1.807) is 12.1 Å². The summed E-state index contributed by atoms with van der Waals surface area (Å²) in [6.45, 7) is 3.95. The van der Waals surface area contributed by atoms with Gasteiger partial charge < -0.3 is 10.6 Å². The molecular formula is C18H17ClN4OS2. The summed E-state index contributed by atoms with van der Waals surface area (Å²) < 4.78 is 0.739. The van der Waals surface area contributed by atoms with E-state index in [1.165, 1.54) is 28.7 Å². The van der Waals surface area contributed by atoms with Gasteiger partial charge in [0.2, 0.25) is 11.0 Å². The van der Waals surface area contributed by atoms with Gasteiger partial charge in [0.1, 0.15) is 0 Å². The molecule has 0 aliphatic carbocycles. The van der Waals surface area contributed by atoms with Gasteiger partial charge in [0.15, 0.2) is 4.34 Å². The van der Waals surface area contributed by atoms with Crippen LogP contribution in [0.15, 0.2) is 46.8 Å². The van der Waals surface area contributed by atoms with Crippen molar-refractivity contribution >= 4 is 57.1 Å². The summed E-state index contributed by atoms with van der Waals surface area (Å²) in [5.41, 5.74) is 3.85. The van der Waals surface area contributed by atoms with Crippen LogP contribution in [0.3, 0.4) is 0 Å². The van der Waals surface area contributed by atoms with E-state index in [9.17, 15) is 4.79 Å². The van der Waals surface area contributed by atoms with E-state index in [-0.39, 0.29) is 11.7 Å². The fourth-order valence-electron chi connectivity index (χ4n) is 2.16. The Balaban J connectivity index is 1.52. The summed E-state index contributed by atoms with van der Waals surface area (Å²) in [5.74, 6) is 0.171. The molecule has 1 amide bonds. The third-order valence-corrected chi connectivity index (χ3v) is 5.71. The minimum Gasteiger partial charge on any atom is -0.330 e. The molecule has 2 N–H and O–H groups in total. The average Bonchev–Trinajstić information content (AvgIpc) is 3.05. The van der Waals surface area contributed by atoms with Gasteiger partial charge in [0.25, 0.3) is 0 Å². The predicted molar refractivity (Wildman–Crippen MR) is 110 cm³/mol. The number of nitrogens with zero attached hydrogens (tertiary/aromatic N) is 2. The Kier molecular flexibility index (Phi) is 6.13. The number of benzene rings is 2. The monoisotopic (exact) mass is 404 g/mol. The number of amides is 1. The minimum absolute atomic E-state index is 0.0938. The Morgan fingerprint density at radius 1 is 1.15 bits per heavy atom. The van der Waals surface area contributed by atoms with Crippen LogP contribution in [0.25, 0.3) is 0 Å². The standard InChI is InChI=1S/C18H17ClN4OS2/c1-11-3-6-14(7-4-11)20-17-22-23-18(26-17)25-10-16(24)21-15-8-5-13(19)9-12(15)2/h3-9H,10H2,1-2H3,(H,20,22)(H,21,24). The number of hydrogen-bond donors (Lipinski definition) is 2. The number of halogens is 1. The first kappa shape index (κ1) is 18.7. The van der Waals surface area contributed by atoms with Gasteiger partial charge in [-0.25, -0.2) is 0 Å². The van der Waals surface area contributed by atoms with Gasteiger partial charge >= 0.3 is 0 Å². The highest BCUT2D eigenvalue weighted by molar-refractivity contribution is 8.01. The topological polar surface area (TPSA) is 66.9 Å². The third-order valence-electron chi connectivity index (χ3n) is 3.50. The molecule has 3 aromatic rings. The Morgan fingerprint density at radius 3 is 2.65 bits per heavy atom. The van der Waals surface area contributed by atoms with E-state index in [1.807, 2.05) is 44.2 Å². The Bertz CT molecular complexity index is 912. The number of anilines is 3. The molecule has 0 spiro atoms. The molecule has 0 saturated carbocycles. The summed E-state index contributed by atoms with van der Waals surface area (Å²) in [5, 5.41) is 15.7. The zero-order chi connectivity index (χ0) is 18.5. The number of rotatable bonds is 6. The molecule has 0 saturated heterocycles. The Morgan fingerprint density at radius 2 is 1.92 bits per heavy atom. The molecule has 0 aliphatic rings. The molecule has 134 valence electrons. The molecule has 1 aromatic heterocycles. The minimum atomic E-state index is -0.0938. The van der Waals surface area contributed by atoms with E-state index in [4.69, 9.17) is 11.6 Å². The molecule has 8 heteroatoms. The van der Waals surface area contributed by atoms with E-state index in [2.05, 4.69) is 20.8 Å². The number of nitrogens with one attached hydrogen (secondary N) is 2. The maximum Gasteiger partial charge on any atom is 0.234 e. The molecule has 0 aliphatic heterocycles. The van der Waals surface area contributed by atoms with Crippen molar-refractivity contribution in [2.24, 2.45) is 0 Å². The van der Waals surface area contributed by atoms with Gasteiger partial charge in [0, 0.05) is 16.4 Å². The van der Waals surface area contributed by atoms with E-state index in [0.29, 0.717) is 10.2 Å². The second kappa shape index (κ2) is 8.53. The van der Waals surface area contributed by atoms with Gasteiger partial charge in [-0.1, -0.05) is 52.4 Å². The van der Waals surface area contributed by atoms with Crippen molar-refractivity contribution in [1.82, 2.24) is 10.2 Å². The molecule has 0 unspecified atom stereocenters. The van der Waals surface area contributed by atoms with Crippen molar-refractivity contribution in [1.29, 1.82) is 0 Å².